The number of halogens is 1. The zero-order chi connectivity index (χ0) is 13.5. The number of hydrogen-bond acceptors (Lipinski definition) is 3. The summed E-state index contributed by atoms with van der Waals surface area (Å²) in [7, 11) is 2.05. The number of carbonyl (C=O) groups is 1. The third-order valence-electron chi connectivity index (χ3n) is 3.08. The smallest absolute Gasteiger partial charge is 0.251 e. The van der Waals surface area contributed by atoms with Crippen LogP contribution in [0.5, 0.6) is 0 Å². The van der Waals surface area contributed by atoms with E-state index in [1.807, 2.05) is 31.3 Å². The van der Waals surface area contributed by atoms with Crippen LogP contribution in [0.15, 0.2) is 24.3 Å². The van der Waals surface area contributed by atoms with Gasteiger partial charge in [-0.3, -0.25) is 4.79 Å². The van der Waals surface area contributed by atoms with Crippen LogP contribution in [0, 0.1) is 0 Å². The molecule has 19 heavy (non-hydrogen) atoms. The number of nitrogens with one attached hydrogen (secondary N) is 1. The van der Waals surface area contributed by atoms with Gasteiger partial charge < -0.3 is 16.0 Å². The molecule has 0 spiro atoms. The molecule has 1 aromatic rings. The topological polar surface area (TPSA) is 58.4 Å². The van der Waals surface area contributed by atoms with Crippen LogP contribution in [0.25, 0.3) is 0 Å². The Morgan fingerprint density at radius 2 is 1.89 bits per heavy atom. The molecule has 1 rings (SSSR count). The predicted molar refractivity (Wildman–Crippen MR) is 81.7 cm³/mol. The van der Waals surface area contributed by atoms with E-state index >= 15 is 0 Å². The van der Waals surface area contributed by atoms with Crippen LogP contribution in [-0.4, -0.2) is 37.0 Å². The Morgan fingerprint density at radius 1 is 1.32 bits per heavy atom. The van der Waals surface area contributed by atoms with Crippen LogP contribution in [0.2, 0.25) is 0 Å². The molecular formula is C14H24ClN3O. The molecule has 0 atom stereocenters. The summed E-state index contributed by atoms with van der Waals surface area (Å²) >= 11 is 0. The first kappa shape index (κ1) is 17.9. The van der Waals surface area contributed by atoms with E-state index in [-0.39, 0.29) is 18.3 Å². The molecule has 3 N–H and O–H groups in total. The van der Waals surface area contributed by atoms with Crippen molar-refractivity contribution in [3.8, 4) is 0 Å². The number of nitrogens with zero attached hydrogens (tertiary/aromatic N) is 1. The Balaban J connectivity index is 0.00000324. The van der Waals surface area contributed by atoms with Gasteiger partial charge in [-0.15, -0.1) is 12.4 Å². The van der Waals surface area contributed by atoms with E-state index in [2.05, 4.69) is 24.1 Å². The van der Waals surface area contributed by atoms with Gasteiger partial charge >= 0.3 is 0 Å². The maximum absolute atomic E-state index is 11.8. The summed E-state index contributed by atoms with van der Waals surface area (Å²) in [4.78, 5) is 14.0. The fraction of sp³-hybridized carbons (Fsp3) is 0.500. The first-order chi connectivity index (χ1) is 8.54. The molecule has 4 nitrogen and oxygen atoms in total. The number of likely N-dealkylation sites (N-methyl/N-ethyl adjacent to an activating group) is 1. The quantitative estimate of drug-likeness (QED) is 0.835. The van der Waals surface area contributed by atoms with E-state index in [1.54, 1.807) is 0 Å². The summed E-state index contributed by atoms with van der Waals surface area (Å²) in [6, 6.07) is 7.88. The van der Waals surface area contributed by atoms with Gasteiger partial charge in [-0.2, -0.15) is 0 Å². The molecule has 0 saturated carbocycles. The zero-order valence-electron chi connectivity index (χ0n) is 11.8. The standard InChI is InChI=1S/C14H23N3O.ClH/c1-11(2)17(3)9-8-16-14(18)13-6-4-12(10-15)5-7-13;/h4-7,11H,8-10,15H2,1-3H3,(H,16,18);1H. The average molecular weight is 286 g/mol. The summed E-state index contributed by atoms with van der Waals surface area (Å²) in [6.07, 6.45) is 0. The molecule has 108 valence electrons. The van der Waals surface area contributed by atoms with Gasteiger partial charge in [0.1, 0.15) is 0 Å². The Morgan fingerprint density at radius 3 is 2.37 bits per heavy atom. The highest BCUT2D eigenvalue weighted by Crippen LogP contribution is 2.03. The predicted octanol–water partition coefficient (Wildman–Crippen LogP) is 1.64. The van der Waals surface area contributed by atoms with E-state index in [0.29, 0.717) is 24.7 Å². The third-order valence-corrected chi connectivity index (χ3v) is 3.08. The van der Waals surface area contributed by atoms with Gasteiger partial charge in [-0.05, 0) is 38.6 Å². The van der Waals surface area contributed by atoms with E-state index < -0.39 is 0 Å². The lowest BCUT2D eigenvalue weighted by Crippen LogP contribution is -2.36. The SMILES string of the molecule is CC(C)N(C)CCNC(=O)c1ccc(CN)cc1.Cl. The highest BCUT2D eigenvalue weighted by Gasteiger charge is 2.06. The zero-order valence-corrected chi connectivity index (χ0v) is 12.7. The Hall–Kier alpha value is -1.10. The number of amides is 1. The van der Waals surface area contributed by atoms with Crippen molar-refractivity contribution in [1.82, 2.24) is 10.2 Å². The van der Waals surface area contributed by atoms with E-state index in [1.165, 1.54) is 0 Å². The molecule has 1 aromatic carbocycles. The summed E-state index contributed by atoms with van der Waals surface area (Å²) in [6.45, 7) is 6.28. The Labute approximate surface area is 121 Å². The molecule has 5 heteroatoms. The number of hydrogen-bond donors (Lipinski definition) is 2. The molecule has 1 amide bonds. The monoisotopic (exact) mass is 285 g/mol. The number of nitrogens with two attached hydrogens (primary N) is 1. The molecule has 0 aliphatic heterocycles. The van der Waals surface area contributed by atoms with Crippen LogP contribution in [0.4, 0.5) is 0 Å². The van der Waals surface area contributed by atoms with Gasteiger partial charge in [-0.1, -0.05) is 12.1 Å². The minimum absolute atomic E-state index is 0. The number of rotatable bonds is 6. The normalized spacial score (nSPS) is 10.4. The van der Waals surface area contributed by atoms with Crippen molar-refractivity contribution >= 4 is 18.3 Å². The lowest BCUT2D eigenvalue weighted by Gasteiger charge is -2.20. The maximum atomic E-state index is 11.8. The van der Waals surface area contributed by atoms with Crippen molar-refractivity contribution in [2.45, 2.75) is 26.4 Å². The second-order valence-corrected chi connectivity index (χ2v) is 4.73. The van der Waals surface area contributed by atoms with Crippen molar-refractivity contribution in [2.24, 2.45) is 5.73 Å². The van der Waals surface area contributed by atoms with Gasteiger partial charge in [0.15, 0.2) is 0 Å². The Bertz CT molecular complexity index is 379. The van der Waals surface area contributed by atoms with Crippen LogP contribution in [0.3, 0.4) is 0 Å². The fourth-order valence-corrected chi connectivity index (χ4v) is 1.50. The molecule has 0 radical (unpaired) electrons. The minimum Gasteiger partial charge on any atom is -0.351 e. The van der Waals surface area contributed by atoms with Crippen LogP contribution in [0.1, 0.15) is 29.8 Å². The van der Waals surface area contributed by atoms with Crippen molar-refractivity contribution in [3.05, 3.63) is 35.4 Å². The van der Waals surface area contributed by atoms with Crippen molar-refractivity contribution in [1.29, 1.82) is 0 Å². The summed E-state index contributed by atoms with van der Waals surface area (Å²) in [5, 5.41) is 2.91. The van der Waals surface area contributed by atoms with E-state index in [9.17, 15) is 4.79 Å². The van der Waals surface area contributed by atoms with E-state index in [4.69, 9.17) is 5.73 Å². The van der Waals surface area contributed by atoms with Crippen LogP contribution in [-0.2, 0) is 6.54 Å². The van der Waals surface area contributed by atoms with Gasteiger partial charge in [0.05, 0.1) is 0 Å². The first-order valence-electron chi connectivity index (χ1n) is 6.32. The van der Waals surface area contributed by atoms with E-state index in [0.717, 1.165) is 12.1 Å². The molecule has 0 aliphatic carbocycles. The summed E-state index contributed by atoms with van der Waals surface area (Å²) < 4.78 is 0. The van der Waals surface area contributed by atoms with Gasteiger partial charge in [0, 0.05) is 31.2 Å². The van der Waals surface area contributed by atoms with Gasteiger partial charge in [0.25, 0.3) is 5.91 Å². The molecule has 0 aromatic heterocycles. The van der Waals surface area contributed by atoms with Crippen molar-refractivity contribution < 1.29 is 4.79 Å². The molecule has 0 unspecified atom stereocenters. The lowest BCUT2D eigenvalue weighted by molar-refractivity contribution is 0.0948. The van der Waals surface area contributed by atoms with Gasteiger partial charge in [0.2, 0.25) is 0 Å². The van der Waals surface area contributed by atoms with Crippen LogP contribution >= 0.6 is 12.4 Å². The molecular weight excluding hydrogens is 262 g/mol. The molecule has 0 bridgehead atoms. The molecule has 0 saturated heterocycles. The van der Waals surface area contributed by atoms with Crippen molar-refractivity contribution in [2.75, 3.05) is 20.1 Å². The maximum Gasteiger partial charge on any atom is 0.251 e. The second-order valence-electron chi connectivity index (χ2n) is 4.73. The largest absolute Gasteiger partial charge is 0.351 e. The summed E-state index contributed by atoms with van der Waals surface area (Å²) in [5.74, 6) is -0.0317. The minimum atomic E-state index is -0.0317. The third kappa shape index (κ3) is 6.05. The molecule has 0 fully saturated rings. The van der Waals surface area contributed by atoms with Gasteiger partial charge in [-0.25, -0.2) is 0 Å². The fourth-order valence-electron chi connectivity index (χ4n) is 1.50. The second kappa shape index (κ2) is 8.91. The summed E-state index contributed by atoms with van der Waals surface area (Å²) in [5.41, 5.74) is 7.23. The Kier molecular flexibility index (Phi) is 8.39. The lowest BCUT2D eigenvalue weighted by atomic mass is 10.1. The highest BCUT2D eigenvalue weighted by molar-refractivity contribution is 5.94. The number of carbonyl (C=O) groups excluding carboxylic acids is 1. The number of benzene rings is 1. The first-order valence-corrected chi connectivity index (χ1v) is 6.32. The average Bonchev–Trinajstić information content (AvgIpc) is 2.38. The molecule has 0 aliphatic rings. The highest BCUT2D eigenvalue weighted by atomic mass is 35.5. The molecule has 0 heterocycles. The van der Waals surface area contributed by atoms with Crippen LogP contribution < -0.4 is 11.1 Å². The van der Waals surface area contributed by atoms with Crippen molar-refractivity contribution in [3.63, 3.8) is 0 Å².